The molecule has 1 aromatic heterocycles. The average molecular weight is 278 g/mol. The van der Waals surface area contributed by atoms with Crippen LogP contribution in [0, 0.1) is 0 Å². The minimum absolute atomic E-state index is 0.0807. The zero-order valence-electron chi connectivity index (χ0n) is 10.5. The summed E-state index contributed by atoms with van der Waals surface area (Å²) in [5.74, 6) is 1.76. The third kappa shape index (κ3) is 4.75. The van der Waals surface area contributed by atoms with Crippen molar-refractivity contribution in [3.63, 3.8) is 0 Å². The van der Waals surface area contributed by atoms with Crippen LogP contribution >= 0.6 is 11.8 Å². The third-order valence-electron chi connectivity index (χ3n) is 2.18. The highest BCUT2D eigenvalue weighted by Gasteiger charge is 2.07. The first-order valence-electron chi connectivity index (χ1n) is 5.86. The molecule has 5 nitrogen and oxygen atoms in total. The van der Waals surface area contributed by atoms with E-state index in [-0.39, 0.29) is 5.78 Å². The van der Waals surface area contributed by atoms with Crippen LogP contribution < -0.4 is 4.74 Å². The highest BCUT2D eigenvalue weighted by molar-refractivity contribution is 7.99. The Labute approximate surface area is 115 Å². The topological polar surface area (TPSA) is 65.2 Å². The number of para-hydroxylation sites is 1. The molecule has 0 amide bonds. The zero-order valence-corrected chi connectivity index (χ0v) is 11.4. The Morgan fingerprint density at radius 1 is 1.32 bits per heavy atom. The minimum Gasteiger partial charge on any atom is -0.493 e. The number of carbonyl (C=O) groups is 1. The van der Waals surface area contributed by atoms with Crippen molar-refractivity contribution in [3.8, 4) is 5.75 Å². The van der Waals surface area contributed by atoms with E-state index in [1.54, 1.807) is 0 Å². The van der Waals surface area contributed by atoms with E-state index in [0.29, 0.717) is 29.9 Å². The number of hydrogen-bond donors (Lipinski definition) is 0. The monoisotopic (exact) mass is 278 g/mol. The van der Waals surface area contributed by atoms with E-state index in [2.05, 4.69) is 10.2 Å². The molecule has 0 aliphatic carbocycles. The van der Waals surface area contributed by atoms with Gasteiger partial charge in [0.25, 0.3) is 5.22 Å². The Morgan fingerprint density at radius 3 is 2.84 bits per heavy atom. The first kappa shape index (κ1) is 13.6. The summed E-state index contributed by atoms with van der Waals surface area (Å²) in [5.41, 5.74) is 0. The van der Waals surface area contributed by atoms with Crippen molar-refractivity contribution in [2.45, 2.75) is 18.6 Å². The molecule has 2 aromatic rings. The third-order valence-corrected chi connectivity index (χ3v) is 3.14. The summed E-state index contributed by atoms with van der Waals surface area (Å²) >= 11 is 1.25. The maximum atomic E-state index is 10.8. The summed E-state index contributed by atoms with van der Waals surface area (Å²) < 4.78 is 10.9. The Balaban J connectivity index is 1.76. The van der Waals surface area contributed by atoms with Gasteiger partial charge in [0.05, 0.1) is 18.8 Å². The molecule has 1 heterocycles. The number of ketones is 1. The van der Waals surface area contributed by atoms with Gasteiger partial charge in [-0.05, 0) is 19.1 Å². The second-order valence-corrected chi connectivity index (χ2v) is 4.79. The summed E-state index contributed by atoms with van der Waals surface area (Å²) in [7, 11) is 0. The lowest BCUT2D eigenvalue weighted by Gasteiger charge is -2.02. The Kier molecular flexibility index (Phi) is 4.97. The van der Waals surface area contributed by atoms with Crippen molar-refractivity contribution in [2.24, 2.45) is 0 Å². The van der Waals surface area contributed by atoms with Gasteiger partial charge in [-0.3, -0.25) is 4.79 Å². The van der Waals surface area contributed by atoms with E-state index >= 15 is 0 Å². The van der Waals surface area contributed by atoms with Crippen LogP contribution in [0.2, 0.25) is 0 Å². The Hall–Kier alpha value is -1.82. The number of hydrogen-bond acceptors (Lipinski definition) is 6. The second-order valence-electron chi connectivity index (χ2n) is 3.86. The van der Waals surface area contributed by atoms with Crippen molar-refractivity contribution >= 4 is 17.5 Å². The van der Waals surface area contributed by atoms with Crippen LogP contribution in [0.15, 0.2) is 40.0 Å². The molecule has 0 aliphatic heterocycles. The molecule has 0 N–H and O–H groups in total. The fourth-order valence-electron chi connectivity index (χ4n) is 1.33. The van der Waals surface area contributed by atoms with E-state index < -0.39 is 0 Å². The molecule has 0 bridgehead atoms. The standard InChI is InChI=1S/C13H14N2O3S/c1-10(16)9-19-13-15-14-12(18-13)7-8-17-11-5-3-2-4-6-11/h2-6H,7-9H2,1H3. The molecule has 1 aromatic carbocycles. The van der Waals surface area contributed by atoms with E-state index in [0.717, 1.165) is 5.75 Å². The highest BCUT2D eigenvalue weighted by Crippen LogP contribution is 2.16. The van der Waals surface area contributed by atoms with Crippen molar-refractivity contribution in [2.75, 3.05) is 12.4 Å². The molecule has 100 valence electrons. The number of thioether (sulfide) groups is 1. The van der Waals surface area contributed by atoms with Crippen LogP contribution in [0.4, 0.5) is 0 Å². The molecule has 0 atom stereocenters. The fourth-order valence-corrected chi connectivity index (χ4v) is 1.91. The summed E-state index contributed by atoms with van der Waals surface area (Å²) in [5, 5.41) is 8.17. The molecule has 0 unspecified atom stereocenters. The maximum absolute atomic E-state index is 10.8. The quantitative estimate of drug-likeness (QED) is 0.724. The normalized spacial score (nSPS) is 10.4. The van der Waals surface area contributed by atoms with Gasteiger partial charge in [-0.25, -0.2) is 0 Å². The molecule has 0 saturated heterocycles. The zero-order chi connectivity index (χ0) is 13.5. The lowest BCUT2D eigenvalue weighted by Crippen LogP contribution is -2.01. The molecule has 6 heteroatoms. The SMILES string of the molecule is CC(=O)CSc1nnc(CCOc2ccccc2)o1. The van der Waals surface area contributed by atoms with Gasteiger partial charge in [0, 0.05) is 0 Å². The molecule has 0 spiro atoms. The van der Waals surface area contributed by atoms with Crippen molar-refractivity contribution in [1.29, 1.82) is 0 Å². The molecule has 19 heavy (non-hydrogen) atoms. The van der Waals surface area contributed by atoms with Crippen LogP contribution in [0.25, 0.3) is 0 Å². The van der Waals surface area contributed by atoms with Gasteiger partial charge in [-0.2, -0.15) is 0 Å². The smallest absolute Gasteiger partial charge is 0.277 e. The van der Waals surface area contributed by atoms with Gasteiger partial charge >= 0.3 is 0 Å². The van der Waals surface area contributed by atoms with Crippen LogP contribution in [0.1, 0.15) is 12.8 Å². The van der Waals surface area contributed by atoms with Crippen LogP contribution in [-0.4, -0.2) is 28.3 Å². The summed E-state index contributed by atoms with van der Waals surface area (Å²) in [6.45, 7) is 2.00. The number of ether oxygens (including phenoxy) is 1. The second kappa shape index (κ2) is 6.94. The minimum atomic E-state index is 0.0807. The number of rotatable bonds is 7. The lowest BCUT2D eigenvalue weighted by atomic mass is 10.3. The lowest BCUT2D eigenvalue weighted by molar-refractivity contribution is -0.114. The predicted molar refractivity (Wildman–Crippen MR) is 71.3 cm³/mol. The van der Waals surface area contributed by atoms with Crippen molar-refractivity contribution in [3.05, 3.63) is 36.2 Å². The molecular weight excluding hydrogens is 264 g/mol. The number of carbonyl (C=O) groups excluding carboxylic acids is 1. The first-order valence-corrected chi connectivity index (χ1v) is 6.85. The molecule has 2 rings (SSSR count). The van der Waals surface area contributed by atoms with Crippen molar-refractivity contribution in [1.82, 2.24) is 10.2 Å². The molecule has 0 fully saturated rings. The van der Waals surface area contributed by atoms with E-state index in [4.69, 9.17) is 9.15 Å². The van der Waals surface area contributed by atoms with Crippen LogP contribution in [0.5, 0.6) is 5.75 Å². The Bertz CT molecular complexity index is 528. The largest absolute Gasteiger partial charge is 0.493 e. The first-order chi connectivity index (χ1) is 9.24. The average Bonchev–Trinajstić information content (AvgIpc) is 2.86. The molecular formula is C13H14N2O3S. The van der Waals surface area contributed by atoms with Gasteiger partial charge in [-0.15, -0.1) is 10.2 Å². The van der Waals surface area contributed by atoms with E-state index in [1.807, 2.05) is 30.3 Å². The fraction of sp³-hybridized carbons (Fsp3) is 0.308. The van der Waals surface area contributed by atoms with Crippen molar-refractivity contribution < 1.29 is 13.9 Å². The van der Waals surface area contributed by atoms with Crippen LogP contribution in [0.3, 0.4) is 0 Å². The summed E-state index contributed by atoms with van der Waals surface area (Å²) in [6.07, 6.45) is 0.544. The van der Waals surface area contributed by atoms with Crippen LogP contribution in [-0.2, 0) is 11.2 Å². The molecule has 0 saturated carbocycles. The number of benzene rings is 1. The molecule has 0 radical (unpaired) electrons. The summed E-state index contributed by atoms with van der Waals surface area (Å²) in [4.78, 5) is 10.8. The maximum Gasteiger partial charge on any atom is 0.277 e. The predicted octanol–water partition coefficient (Wildman–Crippen LogP) is 2.37. The summed E-state index contributed by atoms with van der Waals surface area (Å²) in [6, 6.07) is 9.55. The Morgan fingerprint density at radius 2 is 2.11 bits per heavy atom. The van der Waals surface area contributed by atoms with E-state index in [9.17, 15) is 4.79 Å². The number of Topliss-reactive ketones (excluding diaryl/α,β-unsaturated/α-hetero) is 1. The highest BCUT2D eigenvalue weighted by atomic mass is 32.2. The van der Waals surface area contributed by atoms with Gasteiger partial charge in [-0.1, -0.05) is 30.0 Å². The van der Waals surface area contributed by atoms with Gasteiger partial charge < -0.3 is 9.15 Å². The number of nitrogens with zero attached hydrogens (tertiary/aromatic N) is 2. The number of aromatic nitrogens is 2. The molecule has 0 aliphatic rings. The van der Waals surface area contributed by atoms with Gasteiger partial charge in [0.15, 0.2) is 0 Å². The van der Waals surface area contributed by atoms with Gasteiger partial charge in [0.2, 0.25) is 5.89 Å². The van der Waals surface area contributed by atoms with E-state index in [1.165, 1.54) is 18.7 Å². The van der Waals surface area contributed by atoms with Gasteiger partial charge in [0.1, 0.15) is 11.5 Å².